The molecule has 0 unspecified atom stereocenters. The number of oxime groups is 1. The summed E-state index contributed by atoms with van der Waals surface area (Å²) in [4.78, 5) is 27.7. The van der Waals surface area contributed by atoms with Crippen molar-refractivity contribution in [3.63, 3.8) is 0 Å². The Morgan fingerprint density at radius 2 is 1.50 bits per heavy atom. The quantitative estimate of drug-likeness (QED) is 0.113. The summed E-state index contributed by atoms with van der Waals surface area (Å²) in [7, 11) is 0. The molecule has 0 saturated heterocycles. The Hall–Kier alpha value is -0.0300. The predicted molar refractivity (Wildman–Crippen MR) is 112 cm³/mol. The number of halogens is 4. The molecule has 0 radical (unpaired) electrons. The number of benzene rings is 2. The number of nitrogens with zero attached hydrogens (tertiary/aromatic N) is 1. The van der Waals surface area contributed by atoms with Gasteiger partial charge in [0.25, 0.3) is 0 Å². The molecule has 0 aliphatic carbocycles. The third kappa shape index (κ3) is 6.36. The summed E-state index contributed by atoms with van der Waals surface area (Å²) in [6.07, 6.45) is 0. The SMILES string of the molecule is O=C(I)O/N=C(\[I-]I)C(=O)c1ccc(Oc2ccc(I)cc2)cc1. The third-order valence-electron chi connectivity index (χ3n) is 2.62. The van der Waals surface area contributed by atoms with Gasteiger partial charge in [-0.25, -0.2) is 0 Å². The second-order valence-electron chi connectivity index (χ2n) is 4.19. The van der Waals surface area contributed by atoms with Gasteiger partial charge in [0.2, 0.25) is 0 Å². The molecule has 0 aliphatic rings. The van der Waals surface area contributed by atoms with E-state index in [0.29, 0.717) is 11.3 Å². The van der Waals surface area contributed by atoms with Crippen molar-refractivity contribution in [2.45, 2.75) is 0 Å². The van der Waals surface area contributed by atoms with E-state index in [1.807, 2.05) is 24.3 Å². The van der Waals surface area contributed by atoms with Gasteiger partial charge >= 0.3 is 188 Å². The van der Waals surface area contributed by atoms with Crippen molar-refractivity contribution in [3.05, 3.63) is 57.7 Å². The van der Waals surface area contributed by atoms with Crippen LogP contribution < -0.4 is 22.0 Å². The van der Waals surface area contributed by atoms with Crippen molar-refractivity contribution in [2.24, 2.45) is 5.16 Å². The minimum atomic E-state index is -0.650. The number of rotatable bonds is 6. The zero-order chi connectivity index (χ0) is 17.5. The molecule has 0 bridgehead atoms. The van der Waals surface area contributed by atoms with Crippen LogP contribution in [0.15, 0.2) is 53.7 Å². The van der Waals surface area contributed by atoms with Crippen molar-refractivity contribution < 1.29 is 36.4 Å². The van der Waals surface area contributed by atoms with Crippen molar-refractivity contribution in [2.75, 3.05) is 0 Å². The fourth-order valence-electron chi connectivity index (χ4n) is 1.60. The zero-order valence-electron chi connectivity index (χ0n) is 11.7. The first kappa shape index (κ1) is 20.3. The molecule has 0 saturated carbocycles. The minimum absolute atomic E-state index is 0.240. The number of carbonyl (C=O) groups is 2. The summed E-state index contributed by atoms with van der Waals surface area (Å²) in [5.74, 6) is 1.12. The van der Waals surface area contributed by atoms with Gasteiger partial charge in [0.05, 0.1) is 0 Å². The van der Waals surface area contributed by atoms with E-state index >= 15 is 0 Å². The summed E-state index contributed by atoms with van der Waals surface area (Å²) < 4.78 is 6.56. The molecule has 0 amide bonds. The molecular formula is C15H8I4NO4-. The number of ketones is 1. The molecule has 5 nitrogen and oxygen atoms in total. The van der Waals surface area contributed by atoms with E-state index in [4.69, 9.17) is 4.74 Å². The van der Waals surface area contributed by atoms with Crippen molar-refractivity contribution in [1.29, 1.82) is 0 Å². The Kier molecular flexibility index (Phi) is 8.62. The normalized spacial score (nSPS) is 11.2. The van der Waals surface area contributed by atoms with E-state index in [1.165, 1.54) is 22.6 Å². The monoisotopic (exact) mass is 774 g/mol. The summed E-state index contributed by atoms with van der Waals surface area (Å²) in [5.41, 5.74) is 0.476. The Balaban J connectivity index is 2.10. The van der Waals surface area contributed by atoms with Gasteiger partial charge in [-0.15, -0.1) is 0 Å². The molecule has 0 fully saturated rings. The molecule has 0 N–H and O–H groups in total. The molecule has 0 heterocycles. The molecule has 0 atom stereocenters. The van der Waals surface area contributed by atoms with Gasteiger partial charge in [-0.2, -0.15) is 0 Å². The van der Waals surface area contributed by atoms with Crippen LogP contribution in [0.1, 0.15) is 10.4 Å². The molecule has 2 aromatic carbocycles. The van der Waals surface area contributed by atoms with E-state index in [1.54, 1.807) is 24.3 Å². The van der Waals surface area contributed by atoms with Gasteiger partial charge in [-0.3, -0.25) is 0 Å². The fraction of sp³-hybridized carbons (Fsp3) is 0. The van der Waals surface area contributed by atoms with Crippen LogP contribution in [-0.4, -0.2) is 13.5 Å². The molecule has 2 aromatic rings. The van der Waals surface area contributed by atoms with Crippen LogP contribution in [0.2, 0.25) is 0 Å². The van der Waals surface area contributed by atoms with E-state index in [2.05, 4.69) is 51.2 Å². The standard InChI is InChI=1S/C15H8I4NO4/c16-10-3-7-12(8-4-10)23-11-5-1-9(2-6-11)13(21)14(19-18)20-24-15(17)22/h1-8H/q-1/b20-14-. The van der Waals surface area contributed by atoms with Crippen LogP contribution in [0.25, 0.3) is 0 Å². The molecule has 126 valence electrons. The second-order valence-corrected chi connectivity index (χ2v) is 10.5. The maximum absolute atomic E-state index is 12.4. The van der Waals surface area contributed by atoms with Crippen molar-refractivity contribution in [1.82, 2.24) is 0 Å². The number of hydrogen-bond acceptors (Lipinski definition) is 5. The summed E-state index contributed by atoms with van der Waals surface area (Å²) in [6, 6.07) is 14.4. The van der Waals surface area contributed by atoms with Crippen LogP contribution in [0.5, 0.6) is 11.5 Å². The van der Waals surface area contributed by atoms with E-state index in [0.717, 1.165) is 9.32 Å². The Morgan fingerprint density at radius 1 is 0.958 bits per heavy atom. The van der Waals surface area contributed by atoms with Gasteiger partial charge in [-0.05, 0) is 0 Å². The second kappa shape index (κ2) is 10.2. The van der Waals surface area contributed by atoms with Crippen LogP contribution in [0, 0.1) is 3.57 Å². The molecule has 24 heavy (non-hydrogen) atoms. The van der Waals surface area contributed by atoms with Gasteiger partial charge in [-0.1, -0.05) is 0 Å². The van der Waals surface area contributed by atoms with Crippen LogP contribution >= 0.6 is 63.8 Å². The summed E-state index contributed by atoms with van der Waals surface area (Å²) in [6.45, 7) is 0. The van der Waals surface area contributed by atoms with Gasteiger partial charge in [0.15, 0.2) is 0 Å². The molecule has 0 aromatic heterocycles. The fourth-order valence-corrected chi connectivity index (χ4v) is 4.46. The van der Waals surface area contributed by atoms with Crippen molar-refractivity contribution in [3.8, 4) is 11.5 Å². The number of ether oxygens (including phenoxy) is 1. The molecule has 9 heteroatoms. The van der Waals surface area contributed by atoms with Gasteiger partial charge in [0, 0.05) is 0 Å². The zero-order valence-corrected chi connectivity index (χ0v) is 20.3. The van der Waals surface area contributed by atoms with Crippen LogP contribution in [0.4, 0.5) is 4.79 Å². The molecule has 0 aliphatic heterocycles. The number of Topliss-reactive ketones (excluding diaryl/α,β-unsaturated/α-hetero) is 1. The first-order chi connectivity index (χ1) is 11.5. The number of hydrogen-bond donors (Lipinski definition) is 0. The summed E-state index contributed by atoms with van der Waals surface area (Å²) >= 11 is 5.14. The van der Waals surface area contributed by atoms with E-state index in [9.17, 15) is 9.59 Å². The van der Waals surface area contributed by atoms with E-state index in [-0.39, 0.29) is 9.50 Å². The molecule has 0 spiro atoms. The molecule has 2 rings (SSSR count). The molecular weight excluding hydrogens is 766 g/mol. The average Bonchev–Trinajstić information content (AvgIpc) is 2.58. The van der Waals surface area contributed by atoms with Crippen LogP contribution in [0.3, 0.4) is 0 Å². The first-order valence-corrected chi connectivity index (χ1v) is 15.8. The Labute approximate surface area is 185 Å². The van der Waals surface area contributed by atoms with Gasteiger partial charge in [0.1, 0.15) is 0 Å². The van der Waals surface area contributed by atoms with Gasteiger partial charge < -0.3 is 0 Å². The van der Waals surface area contributed by atoms with Crippen LogP contribution in [-0.2, 0) is 4.84 Å². The van der Waals surface area contributed by atoms with Crippen molar-refractivity contribution >= 4 is 77.3 Å². The number of carbonyl (C=O) groups excluding carboxylic acids is 2. The predicted octanol–water partition coefficient (Wildman–Crippen LogP) is 2.59. The summed E-state index contributed by atoms with van der Waals surface area (Å²) in [5, 5.41) is 3.64. The Bertz CT molecular complexity index is 760. The first-order valence-electron chi connectivity index (χ1n) is 6.28. The average molecular weight is 774 g/mol. The third-order valence-corrected chi connectivity index (χ3v) is 7.20. The topological polar surface area (TPSA) is 65.0 Å². The Morgan fingerprint density at radius 3 is 2.00 bits per heavy atom. The van der Waals surface area contributed by atoms with E-state index < -0.39 is 21.2 Å². The maximum atomic E-state index is 12.4.